The highest BCUT2D eigenvalue weighted by atomic mass is 32.3. The molecule has 0 radical (unpaired) electrons. The van der Waals surface area contributed by atoms with Gasteiger partial charge in [0.15, 0.2) is 0 Å². The Balaban J connectivity index is 2.06. The van der Waals surface area contributed by atoms with Crippen molar-refractivity contribution in [3.63, 3.8) is 0 Å². The van der Waals surface area contributed by atoms with Gasteiger partial charge in [-0.15, -0.1) is 11.7 Å². The Labute approximate surface area is 156 Å². The number of benzene rings is 2. The zero-order chi connectivity index (χ0) is 19.6. The lowest BCUT2D eigenvalue weighted by molar-refractivity contribution is -0.116. The number of carbonyl (C=O) groups is 1. The van der Waals surface area contributed by atoms with Crippen LogP contribution in [0.25, 0.3) is 11.1 Å². The molecule has 1 amide bonds. The summed E-state index contributed by atoms with van der Waals surface area (Å²) in [4.78, 5) is 10.8. The molecule has 144 valence electrons. The summed E-state index contributed by atoms with van der Waals surface area (Å²) >= 11 is -5.27. The maximum absolute atomic E-state index is 12.9. The number of ether oxygens (including phenoxy) is 1. The van der Waals surface area contributed by atoms with E-state index >= 15 is 0 Å². The summed E-state index contributed by atoms with van der Waals surface area (Å²) < 4.78 is 44.4. The minimum Gasteiger partial charge on any atom is -0.492 e. The maximum Gasteiger partial charge on any atom is 0.243 e. The molecule has 1 aliphatic heterocycles. The summed E-state index contributed by atoms with van der Waals surface area (Å²) in [7, 11) is 0. The van der Waals surface area contributed by atoms with E-state index in [4.69, 9.17) is 4.74 Å². The van der Waals surface area contributed by atoms with E-state index < -0.39 is 16.1 Å². The van der Waals surface area contributed by atoms with Gasteiger partial charge in [-0.2, -0.15) is 0 Å². The first-order valence-corrected chi connectivity index (χ1v) is 9.52. The third kappa shape index (κ3) is 3.96. The van der Waals surface area contributed by atoms with Gasteiger partial charge < -0.3 is 15.2 Å². The lowest BCUT2D eigenvalue weighted by Gasteiger charge is -2.17. The first-order chi connectivity index (χ1) is 12.8. The Bertz CT molecular complexity index is 879. The zero-order valence-electron chi connectivity index (χ0n) is 14.3. The highest BCUT2D eigenvalue weighted by Gasteiger charge is 2.26. The van der Waals surface area contributed by atoms with Crippen LogP contribution in [-0.2, 0) is 24.4 Å². The molecule has 27 heavy (non-hydrogen) atoms. The molecule has 2 aromatic carbocycles. The second kappa shape index (κ2) is 7.66. The van der Waals surface area contributed by atoms with Crippen LogP contribution in [0.2, 0.25) is 0 Å². The number of hydrogen-bond acceptors (Lipinski definition) is 3. The van der Waals surface area contributed by atoms with E-state index in [-0.39, 0.29) is 19.1 Å². The molecule has 8 heteroatoms. The molecule has 0 atom stereocenters. The molecule has 0 saturated heterocycles. The summed E-state index contributed by atoms with van der Waals surface area (Å²) in [5, 5.41) is 12.4. The molecule has 0 bridgehead atoms. The van der Waals surface area contributed by atoms with Gasteiger partial charge in [-0.1, -0.05) is 18.7 Å². The third-order valence-electron chi connectivity index (χ3n) is 4.42. The number of amides is 1. The first kappa shape index (κ1) is 19.3. The van der Waals surface area contributed by atoms with Gasteiger partial charge in [0.05, 0.1) is 18.1 Å². The van der Waals surface area contributed by atoms with Gasteiger partial charge in [0, 0.05) is 24.1 Å². The first-order valence-electron chi connectivity index (χ1n) is 8.19. The summed E-state index contributed by atoms with van der Waals surface area (Å²) in [5.74, 6) is 0.222. The fraction of sp³-hybridized carbons (Fsp3) is 0.211. The average Bonchev–Trinajstić information content (AvgIpc) is 3.14. The van der Waals surface area contributed by atoms with Crippen LogP contribution in [-0.4, -0.2) is 17.6 Å². The third-order valence-corrected chi connectivity index (χ3v) is 5.22. The van der Waals surface area contributed by atoms with Crippen LogP contribution in [0.5, 0.6) is 5.75 Å². The predicted octanol–water partition coefficient (Wildman–Crippen LogP) is 4.40. The van der Waals surface area contributed by atoms with E-state index in [1.54, 1.807) is 6.07 Å². The molecule has 2 aromatic rings. The molecule has 0 saturated carbocycles. The molecule has 0 fully saturated rings. The quantitative estimate of drug-likeness (QED) is 0.711. The van der Waals surface area contributed by atoms with Gasteiger partial charge in [0.25, 0.3) is 0 Å². The topological polar surface area (TPSA) is 58.6 Å². The van der Waals surface area contributed by atoms with Crippen LogP contribution in [0.1, 0.15) is 16.7 Å². The van der Waals surface area contributed by atoms with Gasteiger partial charge in [-0.05, 0) is 41.0 Å². The van der Waals surface area contributed by atoms with Gasteiger partial charge in [0.2, 0.25) is 17.1 Å². The highest BCUT2D eigenvalue weighted by Crippen LogP contribution is 2.60. The molecule has 3 rings (SSSR count). The summed E-state index contributed by atoms with van der Waals surface area (Å²) in [6.45, 7) is 3.78. The zero-order valence-corrected chi connectivity index (χ0v) is 15.1. The fourth-order valence-electron chi connectivity index (χ4n) is 3.12. The summed E-state index contributed by atoms with van der Waals surface area (Å²) in [6.07, 6.45) is 1.74. The molecule has 2 N–H and O–H groups in total. The number of aliphatic hydroxyl groups is 1. The van der Waals surface area contributed by atoms with E-state index in [1.807, 2.05) is 0 Å². The van der Waals surface area contributed by atoms with Crippen molar-refractivity contribution < 1.29 is 26.3 Å². The SMILES string of the molecule is C=CC(=O)NCc1cc(-c2ccc(S(F)(F)F)cc2)c2c(c1CO)CCO2. The molecule has 0 aromatic heterocycles. The van der Waals surface area contributed by atoms with E-state index in [2.05, 4.69) is 11.9 Å². The minimum absolute atomic E-state index is 0.172. The molecule has 0 unspecified atom stereocenters. The standard InChI is InChI=1S/C19H18F3NO3S/c1-2-18(25)23-10-13-9-16(19-15(7-8-26-19)17(13)11-24)12-3-5-14(6-4-12)27(20,21)22/h2-6,9,24H,1,7-8,10-11H2,(H,23,25). The van der Waals surface area contributed by atoms with Crippen LogP contribution < -0.4 is 10.1 Å². The number of nitrogens with one attached hydrogen (secondary N) is 1. The fourth-order valence-corrected chi connectivity index (χ4v) is 3.56. The van der Waals surface area contributed by atoms with Crippen molar-refractivity contribution in [2.45, 2.75) is 24.5 Å². The van der Waals surface area contributed by atoms with Crippen molar-refractivity contribution in [2.24, 2.45) is 0 Å². The Kier molecular flexibility index (Phi) is 5.48. The number of carbonyl (C=O) groups excluding carboxylic acids is 1. The number of rotatable bonds is 6. The molecular weight excluding hydrogens is 379 g/mol. The second-order valence-electron chi connectivity index (χ2n) is 5.98. The van der Waals surface area contributed by atoms with Gasteiger partial charge in [-0.3, -0.25) is 4.79 Å². The molecule has 1 heterocycles. The van der Waals surface area contributed by atoms with Crippen molar-refractivity contribution in [1.29, 1.82) is 0 Å². The average molecular weight is 397 g/mol. The lowest BCUT2D eigenvalue weighted by Crippen LogP contribution is -2.21. The molecular formula is C19H18F3NO3S. The number of aliphatic hydroxyl groups excluding tert-OH is 1. The largest absolute Gasteiger partial charge is 0.492 e. The summed E-state index contributed by atoms with van der Waals surface area (Å²) in [5.41, 5.74) is 3.42. The minimum atomic E-state index is -5.27. The van der Waals surface area contributed by atoms with E-state index in [1.165, 1.54) is 12.1 Å². The second-order valence-corrected chi connectivity index (χ2v) is 7.26. The smallest absolute Gasteiger partial charge is 0.243 e. The number of fused-ring (bicyclic) bond motifs is 1. The number of halogens is 3. The van der Waals surface area contributed by atoms with Crippen LogP contribution >= 0.6 is 11.2 Å². The molecule has 0 aliphatic carbocycles. The molecule has 4 nitrogen and oxygen atoms in total. The van der Waals surface area contributed by atoms with Crippen LogP contribution in [0.4, 0.5) is 11.7 Å². The Morgan fingerprint density at radius 1 is 1.30 bits per heavy atom. The van der Waals surface area contributed by atoms with Gasteiger partial charge in [-0.25, -0.2) is 0 Å². The Morgan fingerprint density at radius 2 is 2.00 bits per heavy atom. The Morgan fingerprint density at radius 3 is 2.59 bits per heavy atom. The summed E-state index contributed by atoms with van der Waals surface area (Å²) in [6, 6.07) is 6.69. The van der Waals surface area contributed by atoms with E-state index in [0.29, 0.717) is 41.0 Å². The van der Waals surface area contributed by atoms with Crippen LogP contribution in [0.15, 0.2) is 47.9 Å². The van der Waals surface area contributed by atoms with Crippen molar-refractivity contribution in [3.8, 4) is 16.9 Å². The van der Waals surface area contributed by atoms with Crippen molar-refractivity contribution >= 4 is 17.1 Å². The monoisotopic (exact) mass is 397 g/mol. The van der Waals surface area contributed by atoms with Crippen LogP contribution in [0.3, 0.4) is 0 Å². The predicted molar refractivity (Wildman–Crippen MR) is 98.2 cm³/mol. The van der Waals surface area contributed by atoms with Gasteiger partial charge in [0.1, 0.15) is 5.75 Å². The molecule has 0 spiro atoms. The van der Waals surface area contributed by atoms with Crippen molar-refractivity contribution in [1.82, 2.24) is 5.32 Å². The number of hydrogen-bond donors (Lipinski definition) is 2. The van der Waals surface area contributed by atoms with E-state index in [9.17, 15) is 21.6 Å². The van der Waals surface area contributed by atoms with E-state index in [0.717, 1.165) is 23.8 Å². The maximum atomic E-state index is 12.9. The highest BCUT2D eigenvalue weighted by molar-refractivity contribution is 8.20. The normalized spacial score (nSPS) is 13.6. The van der Waals surface area contributed by atoms with Crippen molar-refractivity contribution in [2.75, 3.05) is 6.61 Å². The lowest BCUT2D eigenvalue weighted by atomic mass is 9.92. The molecule has 1 aliphatic rings. The van der Waals surface area contributed by atoms with Crippen LogP contribution in [0, 0.1) is 0 Å². The van der Waals surface area contributed by atoms with Crippen molar-refractivity contribution in [3.05, 3.63) is 59.7 Å². The van der Waals surface area contributed by atoms with Gasteiger partial charge >= 0.3 is 0 Å². The Hall–Kier alpha value is -2.45.